The van der Waals surface area contributed by atoms with E-state index in [0.717, 1.165) is 42.5 Å². The van der Waals surface area contributed by atoms with Gasteiger partial charge in [0.05, 0.1) is 17.0 Å². The summed E-state index contributed by atoms with van der Waals surface area (Å²) in [6.45, 7) is 4.60. The first kappa shape index (κ1) is 20.4. The van der Waals surface area contributed by atoms with Crippen LogP contribution >= 0.6 is 11.8 Å². The minimum absolute atomic E-state index is 0.153. The number of amidine groups is 1. The SMILES string of the molecule is CCOc1c(C#N)cnc2ccc(/C=C3\SC(=NCC4CCOCC4)NC3=O)cc12. The standard InChI is InChI=1S/C22H22N4O3S/c1-2-29-20-16(11-23)13-24-18-4-3-15(9-17(18)20)10-19-21(27)26-22(30-19)25-12-14-5-7-28-8-6-14/h3-4,9-10,13-14H,2,5-8,12H2,1H3,(H,25,26,27)/b19-10-. The average molecular weight is 423 g/mol. The van der Waals surface area contributed by atoms with Gasteiger partial charge in [0.25, 0.3) is 5.91 Å². The van der Waals surface area contributed by atoms with Crippen LogP contribution in [-0.4, -0.2) is 42.4 Å². The van der Waals surface area contributed by atoms with Gasteiger partial charge in [-0.1, -0.05) is 6.07 Å². The van der Waals surface area contributed by atoms with Gasteiger partial charge < -0.3 is 14.8 Å². The van der Waals surface area contributed by atoms with E-state index in [1.165, 1.54) is 18.0 Å². The van der Waals surface area contributed by atoms with Crippen LogP contribution in [0.4, 0.5) is 0 Å². The predicted molar refractivity (Wildman–Crippen MR) is 117 cm³/mol. The Morgan fingerprint density at radius 2 is 2.27 bits per heavy atom. The number of thioether (sulfide) groups is 1. The fourth-order valence-corrected chi connectivity index (χ4v) is 4.28. The third-order valence-electron chi connectivity index (χ3n) is 5.03. The van der Waals surface area contributed by atoms with E-state index < -0.39 is 0 Å². The molecule has 4 rings (SSSR count). The molecule has 1 N–H and O–H groups in total. The predicted octanol–water partition coefficient (Wildman–Crippen LogP) is 3.49. The summed E-state index contributed by atoms with van der Waals surface area (Å²) in [5, 5.41) is 13.6. The second-order valence-electron chi connectivity index (χ2n) is 7.09. The first-order valence-corrected chi connectivity index (χ1v) is 10.8. The van der Waals surface area contributed by atoms with Crippen LogP contribution in [0, 0.1) is 17.2 Å². The quantitative estimate of drug-likeness (QED) is 0.741. The van der Waals surface area contributed by atoms with E-state index in [4.69, 9.17) is 9.47 Å². The van der Waals surface area contributed by atoms with Gasteiger partial charge in [-0.2, -0.15) is 5.26 Å². The molecule has 3 heterocycles. The van der Waals surface area contributed by atoms with Crippen LogP contribution in [0.3, 0.4) is 0 Å². The molecule has 8 heteroatoms. The summed E-state index contributed by atoms with van der Waals surface area (Å²) in [7, 11) is 0. The molecule has 0 spiro atoms. The zero-order chi connectivity index (χ0) is 20.9. The van der Waals surface area contributed by atoms with Crippen molar-refractivity contribution >= 4 is 39.8 Å². The maximum atomic E-state index is 12.4. The number of amides is 1. The van der Waals surface area contributed by atoms with Gasteiger partial charge in [0.2, 0.25) is 0 Å². The molecular formula is C22H22N4O3S. The number of rotatable bonds is 5. The molecule has 1 aromatic carbocycles. The van der Waals surface area contributed by atoms with Crippen molar-refractivity contribution in [2.75, 3.05) is 26.4 Å². The Morgan fingerprint density at radius 3 is 3.03 bits per heavy atom. The highest BCUT2D eigenvalue weighted by molar-refractivity contribution is 8.18. The minimum atomic E-state index is -0.153. The first-order chi connectivity index (χ1) is 14.7. The molecule has 1 aromatic heterocycles. The number of benzene rings is 1. The summed E-state index contributed by atoms with van der Waals surface area (Å²) in [6.07, 6.45) is 5.37. The number of nitriles is 1. The van der Waals surface area contributed by atoms with Gasteiger partial charge in [-0.15, -0.1) is 0 Å². The van der Waals surface area contributed by atoms with Gasteiger partial charge in [0.1, 0.15) is 17.4 Å². The van der Waals surface area contributed by atoms with Gasteiger partial charge in [-0.3, -0.25) is 14.8 Å². The molecule has 0 atom stereocenters. The van der Waals surface area contributed by atoms with E-state index in [0.29, 0.717) is 40.5 Å². The maximum absolute atomic E-state index is 12.4. The van der Waals surface area contributed by atoms with E-state index in [1.54, 1.807) is 0 Å². The third kappa shape index (κ3) is 4.48. The molecular weight excluding hydrogens is 400 g/mol. The Hall–Kier alpha value is -2.89. The van der Waals surface area contributed by atoms with Crippen LogP contribution in [-0.2, 0) is 9.53 Å². The Kier molecular flexibility index (Phi) is 6.31. The van der Waals surface area contributed by atoms with Gasteiger partial charge in [-0.05, 0) is 61.2 Å². The number of carbonyl (C=O) groups excluding carboxylic acids is 1. The van der Waals surface area contributed by atoms with E-state index in [-0.39, 0.29) is 5.91 Å². The molecule has 7 nitrogen and oxygen atoms in total. The first-order valence-electron chi connectivity index (χ1n) is 9.96. The van der Waals surface area contributed by atoms with Crippen LogP contribution in [0.15, 0.2) is 34.3 Å². The molecule has 0 aliphatic carbocycles. The van der Waals surface area contributed by atoms with Crippen LogP contribution in [0.5, 0.6) is 5.75 Å². The number of carbonyl (C=O) groups is 1. The van der Waals surface area contributed by atoms with Gasteiger partial charge in [0.15, 0.2) is 5.17 Å². The lowest BCUT2D eigenvalue weighted by Gasteiger charge is -2.19. The maximum Gasteiger partial charge on any atom is 0.264 e. The minimum Gasteiger partial charge on any atom is -0.492 e. The number of ether oxygens (including phenoxy) is 2. The number of aliphatic imine (C=N–C) groups is 1. The summed E-state index contributed by atoms with van der Waals surface area (Å²) in [5.74, 6) is 0.878. The number of nitrogens with one attached hydrogen (secondary N) is 1. The Bertz CT molecular complexity index is 1070. The number of fused-ring (bicyclic) bond motifs is 1. The number of nitrogens with zero attached hydrogens (tertiary/aromatic N) is 3. The normalized spacial score (nSPS) is 19.9. The number of hydrogen-bond donors (Lipinski definition) is 1. The zero-order valence-corrected chi connectivity index (χ0v) is 17.5. The van der Waals surface area contributed by atoms with E-state index in [1.807, 2.05) is 31.2 Å². The fraction of sp³-hybridized carbons (Fsp3) is 0.364. The molecule has 0 bridgehead atoms. The lowest BCUT2D eigenvalue weighted by atomic mass is 10.0. The second kappa shape index (κ2) is 9.28. The number of hydrogen-bond acceptors (Lipinski definition) is 7. The zero-order valence-electron chi connectivity index (χ0n) is 16.7. The highest BCUT2D eigenvalue weighted by atomic mass is 32.2. The molecule has 30 heavy (non-hydrogen) atoms. The Morgan fingerprint density at radius 1 is 1.43 bits per heavy atom. The molecule has 154 valence electrons. The van der Waals surface area contributed by atoms with E-state index >= 15 is 0 Å². The molecule has 2 aliphatic rings. The van der Waals surface area contributed by atoms with E-state index in [9.17, 15) is 10.1 Å². The van der Waals surface area contributed by atoms with Gasteiger partial charge in [-0.25, -0.2) is 0 Å². The summed E-state index contributed by atoms with van der Waals surface area (Å²) in [6, 6.07) is 7.78. The summed E-state index contributed by atoms with van der Waals surface area (Å²) in [4.78, 5) is 21.9. The monoisotopic (exact) mass is 422 g/mol. The largest absolute Gasteiger partial charge is 0.492 e. The van der Waals surface area contributed by atoms with Crippen molar-refractivity contribution in [2.45, 2.75) is 19.8 Å². The third-order valence-corrected chi connectivity index (χ3v) is 5.98. The molecule has 2 fully saturated rings. The molecule has 0 unspecified atom stereocenters. The second-order valence-corrected chi connectivity index (χ2v) is 8.12. The van der Waals surface area contributed by atoms with Crippen LogP contribution in [0.1, 0.15) is 30.9 Å². The lowest BCUT2D eigenvalue weighted by molar-refractivity contribution is -0.115. The molecule has 0 radical (unpaired) electrons. The molecule has 0 saturated carbocycles. The molecule has 2 aliphatic heterocycles. The highest BCUT2D eigenvalue weighted by Gasteiger charge is 2.24. The van der Waals surface area contributed by atoms with Gasteiger partial charge >= 0.3 is 0 Å². The van der Waals surface area contributed by atoms with Crippen LogP contribution < -0.4 is 10.1 Å². The van der Waals surface area contributed by atoms with Crippen molar-refractivity contribution in [1.82, 2.24) is 10.3 Å². The highest BCUT2D eigenvalue weighted by Crippen LogP contribution is 2.31. The smallest absolute Gasteiger partial charge is 0.264 e. The van der Waals surface area contributed by atoms with Crippen molar-refractivity contribution in [3.8, 4) is 11.8 Å². The number of pyridine rings is 1. The van der Waals surface area contributed by atoms with Gasteiger partial charge in [0, 0.05) is 31.3 Å². The van der Waals surface area contributed by atoms with Crippen molar-refractivity contribution in [3.05, 3.63) is 40.4 Å². The van der Waals surface area contributed by atoms with Crippen molar-refractivity contribution < 1.29 is 14.3 Å². The Labute approximate surface area is 179 Å². The molecule has 2 saturated heterocycles. The molecule has 2 aromatic rings. The average Bonchev–Trinajstić information content (AvgIpc) is 3.12. The summed E-state index contributed by atoms with van der Waals surface area (Å²) >= 11 is 1.35. The summed E-state index contributed by atoms with van der Waals surface area (Å²) in [5.41, 5.74) is 1.97. The van der Waals surface area contributed by atoms with Crippen molar-refractivity contribution in [1.29, 1.82) is 5.26 Å². The number of aromatic nitrogens is 1. The van der Waals surface area contributed by atoms with E-state index in [2.05, 4.69) is 21.4 Å². The van der Waals surface area contributed by atoms with Crippen LogP contribution in [0.25, 0.3) is 17.0 Å². The van der Waals surface area contributed by atoms with Crippen molar-refractivity contribution in [3.63, 3.8) is 0 Å². The molecule has 1 amide bonds. The fourth-order valence-electron chi connectivity index (χ4n) is 3.45. The summed E-state index contributed by atoms with van der Waals surface area (Å²) < 4.78 is 11.1. The van der Waals surface area contributed by atoms with Crippen LogP contribution in [0.2, 0.25) is 0 Å². The Balaban J connectivity index is 1.57. The van der Waals surface area contributed by atoms with Crippen molar-refractivity contribution in [2.24, 2.45) is 10.9 Å². The lowest BCUT2D eigenvalue weighted by Crippen LogP contribution is -2.22. The topological polar surface area (TPSA) is 96.6 Å².